The summed E-state index contributed by atoms with van der Waals surface area (Å²) >= 11 is 0. The molecule has 0 aromatic heterocycles. The summed E-state index contributed by atoms with van der Waals surface area (Å²) in [6.07, 6.45) is 8.25. The van der Waals surface area contributed by atoms with Crippen LogP contribution in [-0.4, -0.2) is 19.7 Å². The lowest BCUT2D eigenvalue weighted by Crippen LogP contribution is -2.44. The van der Waals surface area contributed by atoms with Gasteiger partial charge in [-0.05, 0) is 74.6 Å². The van der Waals surface area contributed by atoms with Crippen molar-refractivity contribution in [3.05, 3.63) is 29.8 Å². The van der Waals surface area contributed by atoms with Crippen LogP contribution < -0.4 is 10.1 Å². The number of methoxy groups -OCH3 is 1. The van der Waals surface area contributed by atoms with E-state index < -0.39 is 0 Å². The Morgan fingerprint density at radius 2 is 2.00 bits per heavy atom. The van der Waals surface area contributed by atoms with Gasteiger partial charge in [-0.3, -0.25) is 0 Å². The summed E-state index contributed by atoms with van der Waals surface area (Å²) in [5.41, 5.74) is 1.47. The Morgan fingerprint density at radius 3 is 2.79 bits per heavy atom. The van der Waals surface area contributed by atoms with Crippen molar-refractivity contribution in [2.45, 2.75) is 44.6 Å². The largest absolute Gasteiger partial charge is 0.497 e. The molecule has 2 nitrogen and oxygen atoms in total. The molecule has 0 unspecified atom stereocenters. The molecule has 104 valence electrons. The molecule has 0 bridgehead atoms. The van der Waals surface area contributed by atoms with E-state index in [4.69, 9.17) is 4.74 Å². The second kappa shape index (κ2) is 5.96. The van der Waals surface area contributed by atoms with Gasteiger partial charge < -0.3 is 10.1 Å². The number of hydrogen-bond donors (Lipinski definition) is 1. The van der Waals surface area contributed by atoms with Crippen LogP contribution >= 0.6 is 0 Å². The maximum absolute atomic E-state index is 5.22. The van der Waals surface area contributed by atoms with Gasteiger partial charge in [-0.2, -0.15) is 0 Å². The van der Waals surface area contributed by atoms with Crippen molar-refractivity contribution in [1.82, 2.24) is 5.32 Å². The SMILES string of the molecule is COc1ccc(C[C@H]2CC[C@H]3NCCC[C@H]3C2)cc1. The first-order chi connectivity index (χ1) is 9.35. The maximum Gasteiger partial charge on any atom is 0.118 e. The highest BCUT2D eigenvalue weighted by molar-refractivity contribution is 5.27. The number of benzene rings is 1. The highest BCUT2D eigenvalue weighted by Gasteiger charge is 2.31. The second-order valence-electron chi connectivity index (χ2n) is 6.19. The first kappa shape index (κ1) is 13.0. The normalized spacial score (nSPS) is 30.7. The van der Waals surface area contributed by atoms with E-state index in [-0.39, 0.29) is 0 Å². The lowest BCUT2D eigenvalue weighted by Gasteiger charge is -2.40. The van der Waals surface area contributed by atoms with E-state index in [1.807, 2.05) is 0 Å². The Morgan fingerprint density at radius 1 is 1.16 bits per heavy atom. The number of rotatable bonds is 3. The second-order valence-corrected chi connectivity index (χ2v) is 6.19. The summed E-state index contributed by atoms with van der Waals surface area (Å²) in [5, 5.41) is 3.70. The summed E-state index contributed by atoms with van der Waals surface area (Å²) in [5.74, 6) is 2.78. The average molecular weight is 259 g/mol. The lowest BCUT2D eigenvalue weighted by molar-refractivity contribution is 0.165. The monoisotopic (exact) mass is 259 g/mol. The number of nitrogens with one attached hydrogen (secondary N) is 1. The third-order valence-electron chi connectivity index (χ3n) is 4.93. The van der Waals surface area contributed by atoms with Crippen molar-refractivity contribution >= 4 is 0 Å². The quantitative estimate of drug-likeness (QED) is 0.898. The van der Waals surface area contributed by atoms with E-state index in [1.54, 1.807) is 7.11 Å². The van der Waals surface area contributed by atoms with Crippen LogP contribution in [0.2, 0.25) is 0 Å². The zero-order valence-corrected chi connectivity index (χ0v) is 11.9. The fraction of sp³-hybridized carbons (Fsp3) is 0.647. The van der Waals surface area contributed by atoms with Crippen LogP contribution in [0, 0.1) is 11.8 Å². The fourth-order valence-electron chi connectivity index (χ4n) is 3.88. The zero-order chi connectivity index (χ0) is 13.1. The van der Waals surface area contributed by atoms with Gasteiger partial charge in [-0.15, -0.1) is 0 Å². The Hall–Kier alpha value is -1.02. The van der Waals surface area contributed by atoms with Crippen LogP contribution in [0.15, 0.2) is 24.3 Å². The number of piperidine rings is 1. The van der Waals surface area contributed by atoms with E-state index in [9.17, 15) is 0 Å². The molecule has 0 spiro atoms. The minimum atomic E-state index is 0.820. The van der Waals surface area contributed by atoms with Gasteiger partial charge in [0.05, 0.1) is 7.11 Å². The molecule has 0 radical (unpaired) electrons. The average Bonchev–Trinajstić information content (AvgIpc) is 2.48. The zero-order valence-electron chi connectivity index (χ0n) is 11.9. The van der Waals surface area contributed by atoms with Crippen molar-refractivity contribution in [3.8, 4) is 5.75 Å². The van der Waals surface area contributed by atoms with Crippen molar-refractivity contribution in [3.63, 3.8) is 0 Å². The maximum atomic E-state index is 5.22. The molecule has 1 aromatic carbocycles. The third kappa shape index (κ3) is 3.11. The molecule has 2 aliphatic rings. The molecule has 1 N–H and O–H groups in total. The predicted octanol–water partition coefficient (Wildman–Crippen LogP) is 3.41. The van der Waals surface area contributed by atoms with Crippen molar-refractivity contribution < 1.29 is 4.74 Å². The first-order valence-corrected chi connectivity index (χ1v) is 7.71. The summed E-state index contributed by atoms with van der Waals surface area (Å²) < 4.78 is 5.22. The molecular weight excluding hydrogens is 234 g/mol. The van der Waals surface area contributed by atoms with Gasteiger partial charge in [0.1, 0.15) is 5.75 Å². The van der Waals surface area contributed by atoms with Gasteiger partial charge >= 0.3 is 0 Å². The fourth-order valence-corrected chi connectivity index (χ4v) is 3.88. The molecular formula is C17H25NO. The molecule has 3 atom stereocenters. The predicted molar refractivity (Wildman–Crippen MR) is 78.6 cm³/mol. The standard InChI is InChI=1S/C17H25NO/c1-19-16-7-4-13(5-8-16)11-14-6-9-17-15(12-14)3-2-10-18-17/h4-5,7-8,14-15,17-18H,2-3,6,9-12H2,1H3/t14-,15+,17-/m1/s1. The van der Waals surface area contributed by atoms with Crippen molar-refractivity contribution in [2.24, 2.45) is 11.8 Å². The van der Waals surface area contributed by atoms with E-state index in [2.05, 4.69) is 29.6 Å². The van der Waals surface area contributed by atoms with Gasteiger partial charge in [0.15, 0.2) is 0 Å². The minimum absolute atomic E-state index is 0.820. The molecule has 3 rings (SSSR count). The topological polar surface area (TPSA) is 21.3 Å². The van der Waals surface area contributed by atoms with Crippen LogP contribution in [0.25, 0.3) is 0 Å². The Labute approximate surface area is 116 Å². The Kier molecular flexibility index (Phi) is 4.07. The molecule has 1 saturated carbocycles. The Bertz CT molecular complexity index is 400. The summed E-state index contributed by atoms with van der Waals surface area (Å²) in [7, 11) is 1.73. The van der Waals surface area contributed by atoms with Crippen LogP contribution in [0.5, 0.6) is 5.75 Å². The van der Waals surface area contributed by atoms with E-state index in [0.717, 1.165) is 23.6 Å². The first-order valence-electron chi connectivity index (χ1n) is 7.71. The number of fused-ring (bicyclic) bond motifs is 1. The molecule has 1 aliphatic carbocycles. The molecule has 2 fully saturated rings. The lowest BCUT2D eigenvalue weighted by atomic mass is 9.73. The molecule has 19 heavy (non-hydrogen) atoms. The van der Waals surface area contributed by atoms with Gasteiger partial charge in [0.25, 0.3) is 0 Å². The molecule has 0 amide bonds. The van der Waals surface area contributed by atoms with E-state index >= 15 is 0 Å². The van der Waals surface area contributed by atoms with Crippen LogP contribution in [0.1, 0.15) is 37.7 Å². The Balaban J connectivity index is 1.57. The number of hydrogen-bond acceptors (Lipinski definition) is 2. The van der Waals surface area contributed by atoms with Gasteiger partial charge in [-0.25, -0.2) is 0 Å². The van der Waals surface area contributed by atoms with Crippen LogP contribution in [0.3, 0.4) is 0 Å². The molecule has 1 aromatic rings. The van der Waals surface area contributed by atoms with E-state index in [1.165, 1.54) is 50.6 Å². The summed E-state index contributed by atoms with van der Waals surface area (Å²) in [4.78, 5) is 0. The van der Waals surface area contributed by atoms with Gasteiger partial charge in [0.2, 0.25) is 0 Å². The van der Waals surface area contributed by atoms with Crippen LogP contribution in [-0.2, 0) is 6.42 Å². The van der Waals surface area contributed by atoms with Crippen molar-refractivity contribution in [2.75, 3.05) is 13.7 Å². The molecule has 1 saturated heterocycles. The molecule has 1 heterocycles. The van der Waals surface area contributed by atoms with Gasteiger partial charge in [-0.1, -0.05) is 12.1 Å². The van der Waals surface area contributed by atoms with E-state index in [0.29, 0.717) is 0 Å². The summed E-state index contributed by atoms with van der Waals surface area (Å²) in [6.45, 7) is 1.24. The minimum Gasteiger partial charge on any atom is -0.497 e. The summed E-state index contributed by atoms with van der Waals surface area (Å²) in [6, 6.07) is 9.45. The smallest absolute Gasteiger partial charge is 0.118 e. The van der Waals surface area contributed by atoms with Gasteiger partial charge in [0, 0.05) is 6.04 Å². The molecule has 1 aliphatic heterocycles. The number of ether oxygens (including phenoxy) is 1. The third-order valence-corrected chi connectivity index (χ3v) is 4.93. The molecule has 2 heteroatoms. The van der Waals surface area contributed by atoms with Crippen LogP contribution in [0.4, 0.5) is 0 Å². The highest BCUT2D eigenvalue weighted by atomic mass is 16.5. The highest BCUT2D eigenvalue weighted by Crippen LogP contribution is 2.35. The van der Waals surface area contributed by atoms with Crippen molar-refractivity contribution in [1.29, 1.82) is 0 Å².